The van der Waals surface area contributed by atoms with Gasteiger partial charge in [-0.2, -0.15) is 0 Å². The molecule has 3 unspecified atom stereocenters. The predicted molar refractivity (Wildman–Crippen MR) is 75.3 cm³/mol. The molecule has 0 radical (unpaired) electrons. The topological polar surface area (TPSA) is 43.8 Å². The van der Waals surface area contributed by atoms with Crippen molar-refractivity contribution in [2.45, 2.75) is 65.0 Å². The second-order valence-electron chi connectivity index (χ2n) is 6.27. The van der Waals surface area contributed by atoms with Gasteiger partial charge in [-0.15, -0.1) is 0 Å². The van der Waals surface area contributed by atoms with Crippen LogP contribution in [0.2, 0.25) is 0 Å². The summed E-state index contributed by atoms with van der Waals surface area (Å²) >= 11 is 0. The van der Waals surface area contributed by atoms with Crippen LogP contribution in [0, 0.1) is 11.8 Å². The van der Waals surface area contributed by atoms with E-state index in [1.54, 1.807) is 0 Å². The van der Waals surface area contributed by atoms with Gasteiger partial charge in [-0.1, -0.05) is 20.8 Å². The molecule has 1 aliphatic carbocycles. The van der Waals surface area contributed by atoms with E-state index in [-0.39, 0.29) is 5.54 Å². The SMILES string of the molecule is CCCn1ccnc1CC1(N)CCC(C)C(C)C1. The van der Waals surface area contributed by atoms with Gasteiger partial charge in [-0.25, -0.2) is 4.98 Å². The molecule has 3 atom stereocenters. The van der Waals surface area contributed by atoms with Crippen molar-refractivity contribution in [2.24, 2.45) is 17.6 Å². The molecule has 3 nitrogen and oxygen atoms in total. The normalized spacial score (nSPS) is 32.7. The standard InChI is InChI=1S/C15H27N3/c1-4-8-18-9-7-17-14(18)11-15(16)6-5-12(2)13(3)10-15/h7,9,12-13H,4-6,8,10-11,16H2,1-3H3. The molecule has 18 heavy (non-hydrogen) atoms. The number of rotatable bonds is 4. The highest BCUT2D eigenvalue weighted by atomic mass is 15.1. The number of aryl methyl sites for hydroxylation is 1. The number of nitrogens with zero attached hydrogens (tertiary/aromatic N) is 2. The summed E-state index contributed by atoms with van der Waals surface area (Å²) in [6.45, 7) is 7.94. The Kier molecular flexibility index (Phi) is 4.10. The summed E-state index contributed by atoms with van der Waals surface area (Å²) in [5.74, 6) is 2.72. The smallest absolute Gasteiger partial charge is 0.110 e. The third-order valence-corrected chi connectivity index (χ3v) is 4.57. The maximum atomic E-state index is 6.61. The van der Waals surface area contributed by atoms with Crippen LogP contribution in [0.3, 0.4) is 0 Å². The van der Waals surface area contributed by atoms with Gasteiger partial charge in [0.1, 0.15) is 5.82 Å². The van der Waals surface area contributed by atoms with Crippen molar-refractivity contribution in [3.8, 4) is 0 Å². The van der Waals surface area contributed by atoms with Gasteiger partial charge in [-0.05, 0) is 37.5 Å². The summed E-state index contributed by atoms with van der Waals surface area (Å²) in [4.78, 5) is 4.50. The molecular formula is C15H27N3. The Morgan fingerprint density at radius 1 is 1.44 bits per heavy atom. The summed E-state index contributed by atoms with van der Waals surface area (Å²) in [5.41, 5.74) is 6.58. The van der Waals surface area contributed by atoms with E-state index >= 15 is 0 Å². The lowest BCUT2D eigenvalue weighted by molar-refractivity contribution is 0.173. The van der Waals surface area contributed by atoms with Crippen LogP contribution in [0.5, 0.6) is 0 Å². The minimum atomic E-state index is -0.0389. The first-order valence-electron chi connectivity index (χ1n) is 7.33. The molecule has 102 valence electrons. The molecule has 0 spiro atoms. The molecule has 1 heterocycles. The van der Waals surface area contributed by atoms with Crippen LogP contribution < -0.4 is 5.73 Å². The Balaban J connectivity index is 2.05. The molecule has 1 fully saturated rings. The third-order valence-electron chi connectivity index (χ3n) is 4.57. The lowest BCUT2D eigenvalue weighted by Crippen LogP contribution is -2.48. The highest BCUT2D eigenvalue weighted by Gasteiger charge is 2.35. The molecule has 0 aliphatic heterocycles. The highest BCUT2D eigenvalue weighted by Crippen LogP contribution is 2.36. The van der Waals surface area contributed by atoms with Crippen LogP contribution in [0.1, 0.15) is 52.3 Å². The Hall–Kier alpha value is -0.830. The molecule has 2 rings (SSSR count). The first-order chi connectivity index (χ1) is 8.54. The Bertz CT molecular complexity index is 385. The molecule has 1 aromatic heterocycles. The number of nitrogens with two attached hydrogens (primary N) is 1. The van der Waals surface area contributed by atoms with Crippen LogP contribution in [0.4, 0.5) is 0 Å². The van der Waals surface area contributed by atoms with Crippen molar-refractivity contribution in [3.05, 3.63) is 18.2 Å². The molecule has 1 aromatic rings. The fraction of sp³-hybridized carbons (Fsp3) is 0.800. The molecule has 1 aliphatic rings. The Morgan fingerprint density at radius 2 is 2.22 bits per heavy atom. The van der Waals surface area contributed by atoms with Crippen molar-refractivity contribution in [1.82, 2.24) is 9.55 Å². The van der Waals surface area contributed by atoms with Gasteiger partial charge in [0.2, 0.25) is 0 Å². The van der Waals surface area contributed by atoms with Gasteiger partial charge >= 0.3 is 0 Å². The highest BCUT2D eigenvalue weighted by molar-refractivity contribution is 5.03. The number of aromatic nitrogens is 2. The van der Waals surface area contributed by atoms with Crippen LogP contribution in [0.15, 0.2) is 12.4 Å². The quantitative estimate of drug-likeness (QED) is 0.891. The van der Waals surface area contributed by atoms with Gasteiger partial charge < -0.3 is 10.3 Å². The van der Waals surface area contributed by atoms with Gasteiger partial charge in [0.05, 0.1) is 0 Å². The van der Waals surface area contributed by atoms with Crippen LogP contribution in [0.25, 0.3) is 0 Å². The van der Waals surface area contributed by atoms with E-state index in [1.165, 1.54) is 12.2 Å². The van der Waals surface area contributed by atoms with Crippen LogP contribution in [-0.2, 0) is 13.0 Å². The molecule has 3 heteroatoms. The fourth-order valence-electron chi connectivity index (χ4n) is 3.17. The van der Waals surface area contributed by atoms with E-state index in [2.05, 4.69) is 36.5 Å². The first-order valence-corrected chi connectivity index (χ1v) is 7.33. The van der Waals surface area contributed by atoms with Gasteiger partial charge in [-0.3, -0.25) is 0 Å². The lowest BCUT2D eigenvalue weighted by Gasteiger charge is -2.40. The minimum Gasteiger partial charge on any atom is -0.335 e. The van der Waals surface area contributed by atoms with E-state index in [1.807, 2.05) is 6.20 Å². The third kappa shape index (κ3) is 2.94. The van der Waals surface area contributed by atoms with Gasteiger partial charge in [0, 0.05) is 30.9 Å². The number of hydrogen-bond donors (Lipinski definition) is 1. The van der Waals surface area contributed by atoms with Crippen molar-refractivity contribution >= 4 is 0 Å². The van der Waals surface area contributed by atoms with Gasteiger partial charge in [0.15, 0.2) is 0 Å². The summed E-state index contributed by atoms with van der Waals surface area (Å²) in [6.07, 6.45) is 9.59. The van der Waals surface area contributed by atoms with E-state index in [4.69, 9.17) is 5.73 Å². The lowest BCUT2D eigenvalue weighted by atomic mass is 9.70. The van der Waals surface area contributed by atoms with Crippen molar-refractivity contribution in [1.29, 1.82) is 0 Å². The summed E-state index contributed by atoms with van der Waals surface area (Å²) in [7, 11) is 0. The maximum absolute atomic E-state index is 6.61. The fourth-order valence-corrected chi connectivity index (χ4v) is 3.17. The largest absolute Gasteiger partial charge is 0.335 e. The van der Waals surface area contributed by atoms with E-state index in [9.17, 15) is 0 Å². The molecule has 0 aromatic carbocycles. The Labute approximate surface area is 111 Å². The zero-order chi connectivity index (χ0) is 13.2. The first kappa shape index (κ1) is 13.6. The van der Waals surface area contributed by atoms with Crippen LogP contribution >= 0.6 is 0 Å². The molecular weight excluding hydrogens is 222 g/mol. The number of hydrogen-bond acceptors (Lipinski definition) is 2. The summed E-state index contributed by atoms with van der Waals surface area (Å²) in [6, 6.07) is 0. The summed E-state index contributed by atoms with van der Waals surface area (Å²) in [5, 5.41) is 0. The minimum absolute atomic E-state index is 0.0389. The summed E-state index contributed by atoms with van der Waals surface area (Å²) < 4.78 is 2.26. The zero-order valence-corrected chi connectivity index (χ0v) is 12.0. The second kappa shape index (κ2) is 5.43. The van der Waals surface area contributed by atoms with E-state index in [0.29, 0.717) is 0 Å². The van der Waals surface area contributed by atoms with E-state index in [0.717, 1.165) is 44.1 Å². The molecule has 0 bridgehead atoms. The predicted octanol–water partition coefficient (Wildman–Crippen LogP) is 2.99. The monoisotopic (exact) mass is 249 g/mol. The van der Waals surface area contributed by atoms with Crippen molar-refractivity contribution in [2.75, 3.05) is 0 Å². The average molecular weight is 249 g/mol. The second-order valence-corrected chi connectivity index (χ2v) is 6.27. The average Bonchev–Trinajstić information content (AvgIpc) is 2.72. The molecule has 0 amide bonds. The zero-order valence-electron chi connectivity index (χ0n) is 12.0. The van der Waals surface area contributed by atoms with E-state index < -0.39 is 0 Å². The molecule has 1 saturated carbocycles. The van der Waals surface area contributed by atoms with Crippen LogP contribution in [-0.4, -0.2) is 15.1 Å². The molecule has 2 N–H and O–H groups in total. The Morgan fingerprint density at radius 3 is 2.89 bits per heavy atom. The van der Waals surface area contributed by atoms with Crippen molar-refractivity contribution in [3.63, 3.8) is 0 Å². The van der Waals surface area contributed by atoms with Gasteiger partial charge in [0.25, 0.3) is 0 Å². The number of imidazole rings is 1. The molecule has 0 saturated heterocycles. The maximum Gasteiger partial charge on any atom is 0.110 e. The van der Waals surface area contributed by atoms with Crippen molar-refractivity contribution < 1.29 is 0 Å².